The van der Waals surface area contributed by atoms with Crippen LogP contribution in [-0.2, 0) is 15.8 Å². The first-order valence-electron chi connectivity index (χ1n) is 9.89. The van der Waals surface area contributed by atoms with Crippen molar-refractivity contribution in [3.63, 3.8) is 0 Å². The number of hydrogen-bond acceptors (Lipinski definition) is 3. The van der Waals surface area contributed by atoms with Gasteiger partial charge < -0.3 is 5.32 Å². The molecule has 0 unspecified atom stereocenters. The summed E-state index contributed by atoms with van der Waals surface area (Å²) >= 11 is 0. The Balaban J connectivity index is 1.46. The molecule has 6 heteroatoms. The van der Waals surface area contributed by atoms with E-state index >= 15 is 0 Å². The number of amides is 1. The summed E-state index contributed by atoms with van der Waals surface area (Å²) in [4.78, 5) is 12.7. The van der Waals surface area contributed by atoms with E-state index in [0.717, 1.165) is 35.7 Å². The fourth-order valence-electron chi connectivity index (χ4n) is 3.73. The molecule has 5 nitrogen and oxygen atoms in total. The minimum Gasteiger partial charge on any atom is -0.321 e. The first-order valence-corrected chi connectivity index (χ1v) is 11.5. The lowest BCUT2D eigenvalue weighted by molar-refractivity contribution is 0.102. The Bertz CT molecular complexity index is 1110. The van der Waals surface area contributed by atoms with Crippen LogP contribution in [0.1, 0.15) is 35.2 Å². The van der Waals surface area contributed by atoms with Gasteiger partial charge in [0.05, 0.1) is 5.75 Å². The van der Waals surface area contributed by atoms with E-state index in [2.05, 4.69) is 5.32 Å². The Hall–Kier alpha value is -2.70. The highest BCUT2D eigenvalue weighted by Crippen LogP contribution is 2.24. The number of sulfonamides is 1. The van der Waals surface area contributed by atoms with Gasteiger partial charge in [-0.25, -0.2) is 12.7 Å². The van der Waals surface area contributed by atoms with Crippen LogP contribution in [0.5, 0.6) is 0 Å². The number of hydrogen-bond donors (Lipinski definition) is 1. The van der Waals surface area contributed by atoms with E-state index in [0.29, 0.717) is 24.2 Å². The molecule has 0 aromatic heterocycles. The molecule has 1 aliphatic heterocycles. The molecular weight excluding hydrogens is 384 g/mol. The molecule has 1 amide bonds. The molecule has 3 aromatic carbocycles. The van der Waals surface area contributed by atoms with E-state index in [9.17, 15) is 13.2 Å². The quantitative estimate of drug-likeness (QED) is 0.680. The number of nitrogens with one attached hydrogen (secondary N) is 1. The number of nitrogens with zero attached hydrogens (tertiary/aromatic N) is 1. The van der Waals surface area contributed by atoms with Gasteiger partial charge in [-0.15, -0.1) is 0 Å². The molecule has 0 saturated carbocycles. The van der Waals surface area contributed by atoms with Crippen molar-refractivity contribution in [2.75, 3.05) is 18.4 Å². The van der Waals surface area contributed by atoms with Gasteiger partial charge in [0.15, 0.2) is 0 Å². The van der Waals surface area contributed by atoms with E-state index in [4.69, 9.17) is 0 Å². The Morgan fingerprint density at radius 1 is 0.862 bits per heavy atom. The second kappa shape index (κ2) is 8.35. The Morgan fingerprint density at radius 2 is 1.55 bits per heavy atom. The summed E-state index contributed by atoms with van der Waals surface area (Å²) in [5.41, 5.74) is 1.94. The van der Waals surface area contributed by atoms with Crippen molar-refractivity contribution >= 4 is 32.4 Å². The lowest BCUT2D eigenvalue weighted by Crippen LogP contribution is -2.36. The molecule has 29 heavy (non-hydrogen) atoms. The highest BCUT2D eigenvalue weighted by molar-refractivity contribution is 7.88. The van der Waals surface area contributed by atoms with Gasteiger partial charge >= 0.3 is 0 Å². The molecule has 0 aliphatic carbocycles. The van der Waals surface area contributed by atoms with Gasteiger partial charge in [0.2, 0.25) is 10.0 Å². The molecular formula is C23H24N2O3S. The lowest BCUT2D eigenvalue weighted by Gasteiger charge is -2.25. The summed E-state index contributed by atoms with van der Waals surface area (Å²) in [5.74, 6) is -0.245. The fraction of sp³-hybridized carbons (Fsp3) is 0.261. The molecule has 150 valence electrons. The molecule has 1 heterocycles. The highest BCUT2D eigenvalue weighted by Gasteiger charge is 2.24. The molecule has 0 radical (unpaired) electrons. The molecule has 1 N–H and O–H groups in total. The summed E-state index contributed by atoms with van der Waals surface area (Å²) in [6.45, 7) is 1.21. The zero-order chi connectivity index (χ0) is 20.3. The smallest absolute Gasteiger partial charge is 0.255 e. The first kappa shape index (κ1) is 19.6. The highest BCUT2D eigenvalue weighted by atomic mass is 32.2. The van der Waals surface area contributed by atoms with Gasteiger partial charge in [0, 0.05) is 29.7 Å². The van der Waals surface area contributed by atoms with Crippen molar-refractivity contribution in [3.8, 4) is 0 Å². The predicted molar refractivity (Wildman–Crippen MR) is 116 cm³/mol. The number of carbonyl (C=O) groups is 1. The predicted octanol–water partition coefficient (Wildman–Crippen LogP) is 4.41. The summed E-state index contributed by atoms with van der Waals surface area (Å²) in [6, 6.07) is 20.5. The number of anilines is 1. The third-order valence-electron chi connectivity index (χ3n) is 5.31. The standard InChI is InChI=1S/C23H24N2O3S/c26-23(24-22-10-6-8-19-7-2-3-9-21(19)22)20-13-11-18(12-14-20)17-29(27,28)25-15-4-1-5-16-25/h2-3,6-14H,1,4-5,15-17H2,(H,24,26). The Labute approximate surface area is 171 Å². The second-order valence-corrected chi connectivity index (χ2v) is 9.36. The normalized spacial score (nSPS) is 15.3. The van der Waals surface area contributed by atoms with E-state index in [1.807, 2.05) is 42.5 Å². The molecule has 1 aliphatic rings. The molecule has 0 atom stereocenters. The molecule has 3 aromatic rings. The minimum atomic E-state index is -3.31. The van der Waals surface area contributed by atoms with Crippen LogP contribution in [0.3, 0.4) is 0 Å². The van der Waals surface area contributed by atoms with Gasteiger partial charge in [-0.3, -0.25) is 4.79 Å². The van der Waals surface area contributed by atoms with E-state index in [-0.39, 0.29) is 11.7 Å². The average molecular weight is 409 g/mol. The van der Waals surface area contributed by atoms with Crippen LogP contribution in [0.15, 0.2) is 66.7 Å². The van der Waals surface area contributed by atoms with Crippen molar-refractivity contribution in [3.05, 3.63) is 77.9 Å². The lowest BCUT2D eigenvalue weighted by atomic mass is 10.1. The average Bonchev–Trinajstić information content (AvgIpc) is 2.75. The SMILES string of the molecule is O=C(Nc1cccc2ccccc12)c1ccc(CS(=O)(=O)N2CCCCC2)cc1. The Morgan fingerprint density at radius 3 is 2.31 bits per heavy atom. The van der Waals surface area contributed by atoms with Crippen molar-refractivity contribution in [1.82, 2.24) is 4.31 Å². The molecule has 4 rings (SSSR count). The van der Waals surface area contributed by atoms with Crippen LogP contribution < -0.4 is 5.32 Å². The summed E-state index contributed by atoms with van der Waals surface area (Å²) in [6.07, 6.45) is 2.94. The number of rotatable bonds is 5. The van der Waals surface area contributed by atoms with Crippen LogP contribution in [0.4, 0.5) is 5.69 Å². The van der Waals surface area contributed by atoms with Crippen molar-refractivity contribution < 1.29 is 13.2 Å². The van der Waals surface area contributed by atoms with Gasteiger partial charge in [-0.2, -0.15) is 0 Å². The van der Waals surface area contributed by atoms with Gasteiger partial charge in [0.25, 0.3) is 5.91 Å². The fourth-order valence-corrected chi connectivity index (χ4v) is 5.34. The van der Waals surface area contributed by atoms with Crippen LogP contribution in [0.25, 0.3) is 10.8 Å². The van der Waals surface area contributed by atoms with E-state index in [1.165, 1.54) is 0 Å². The molecule has 1 saturated heterocycles. The van der Waals surface area contributed by atoms with E-state index in [1.54, 1.807) is 28.6 Å². The van der Waals surface area contributed by atoms with Crippen LogP contribution in [-0.4, -0.2) is 31.7 Å². The maximum absolute atomic E-state index is 12.7. The van der Waals surface area contributed by atoms with Crippen molar-refractivity contribution in [2.45, 2.75) is 25.0 Å². The molecule has 1 fully saturated rings. The largest absolute Gasteiger partial charge is 0.321 e. The minimum absolute atomic E-state index is 0.0295. The summed E-state index contributed by atoms with van der Waals surface area (Å²) in [7, 11) is -3.31. The number of benzene rings is 3. The maximum Gasteiger partial charge on any atom is 0.255 e. The monoisotopic (exact) mass is 408 g/mol. The zero-order valence-corrected chi connectivity index (χ0v) is 17.0. The second-order valence-electron chi connectivity index (χ2n) is 7.39. The maximum atomic E-state index is 12.7. The van der Waals surface area contributed by atoms with Crippen LogP contribution >= 0.6 is 0 Å². The zero-order valence-electron chi connectivity index (χ0n) is 16.2. The van der Waals surface area contributed by atoms with Gasteiger partial charge in [-0.1, -0.05) is 55.0 Å². The van der Waals surface area contributed by atoms with Crippen LogP contribution in [0.2, 0.25) is 0 Å². The molecule has 0 spiro atoms. The van der Waals surface area contributed by atoms with E-state index < -0.39 is 10.0 Å². The molecule has 0 bridgehead atoms. The Kier molecular flexibility index (Phi) is 5.65. The number of carbonyl (C=O) groups excluding carboxylic acids is 1. The topological polar surface area (TPSA) is 66.5 Å². The third kappa shape index (κ3) is 4.49. The van der Waals surface area contributed by atoms with Gasteiger partial charge in [-0.05, 0) is 42.0 Å². The number of fused-ring (bicyclic) bond motifs is 1. The summed E-state index contributed by atoms with van der Waals surface area (Å²) in [5, 5.41) is 4.99. The summed E-state index contributed by atoms with van der Waals surface area (Å²) < 4.78 is 26.8. The van der Waals surface area contributed by atoms with Crippen molar-refractivity contribution in [1.29, 1.82) is 0 Å². The first-order chi connectivity index (χ1) is 14.0. The van der Waals surface area contributed by atoms with Crippen LogP contribution in [0, 0.1) is 0 Å². The van der Waals surface area contributed by atoms with Crippen molar-refractivity contribution in [2.24, 2.45) is 0 Å². The third-order valence-corrected chi connectivity index (χ3v) is 7.16. The van der Waals surface area contributed by atoms with Gasteiger partial charge in [0.1, 0.15) is 0 Å². The number of piperidine rings is 1.